The van der Waals surface area contributed by atoms with Crippen molar-refractivity contribution in [2.24, 2.45) is 0 Å². The van der Waals surface area contributed by atoms with Gasteiger partial charge in [0.1, 0.15) is 11.9 Å². The van der Waals surface area contributed by atoms with Crippen LogP contribution in [-0.4, -0.2) is 42.4 Å². The highest BCUT2D eigenvalue weighted by atomic mass is 35.5. The topological polar surface area (TPSA) is 75.7 Å². The van der Waals surface area contributed by atoms with Gasteiger partial charge in [-0.15, -0.1) is 0 Å². The summed E-state index contributed by atoms with van der Waals surface area (Å²) < 4.78 is 18.8. The number of carbonyl (C=O) groups excluding carboxylic acids is 3. The molecule has 0 heterocycles. The molecule has 0 unspecified atom stereocenters. The molecule has 28 heavy (non-hydrogen) atoms. The molecule has 6 nitrogen and oxygen atoms in total. The van der Waals surface area contributed by atoms with E-state index in [1.165, 1.54) is 37.1 Å². The van der Waals surface area contributed by atoms with Crippen LogP contribution in [0.2, 0.25) is 5.02 Å². The third-order valence-electron chi connectivity index (χ3n) is 3.96. The van der Waals surface area contributed by atoms with E-state index in [4.69, 9.17) is 16.3 Å². The lowest BCUT2D eigenvalue weighted by molar-refractivity contribution is -0.153. The van der Waals surface area contributed by atoms with E-state index >= 15 is 0 Å². The zero-order chi connectivity index (χ0) is 20.7. The highest BCUT2D eigenvalue weighted by Gasteiger charge is 2.21. The molecule has 2 aromatic carbocycles. The molecule has 0 aliphatic heterocycles. The first-order valence-electron chi connectivity index (χ1n) is 8.49. The molecular weight excluding hydrogens is 387 g/mol. The quantitative estimate of drug-likeness (QED) is 0.717. The normalized spacial score (nSPS) is 11.4. The Morgan fingerprint density at radius 1 is 1.14 bits per heavy atom. The summed E-state index contributed by atoms with van der Waals surface area (Å²) in [7, 11) is 1.44. The first-order valence-corrected chi connectivity index (χ1v) is 8.86. The molecule has 2 rings (SSSR count). The number of esters is 1. The number of likely N-dealkylation sites (N-methyl/N-ethyl adjacent to an activating group) is 1. The summed E-state index contributed by atoms with van der Waals surface area (Å²) in [6.07, 6.45) is 0. The van der Waals surface area contributed by atoms with E-state index in [1.54, 1.807) is 30.3 Å². The van der Waals surface area contributed by atoms with Gasteiger partial charge in [-0.25, -0.2) is 9.18 Å². The van der Waals surface area contributed by atoms with Crippen molar-refractivity contribution in [2.45, 2.75) is 19.5 Å². The molecule has 2 amide bonds. The second-order valence-electron chi connectivity index (χ2n) is 6.12. The van der Waals surface area contributed by atoms with E-state index in [2.05, 4.69) is 5.32 Å². The Hall–Kier alpha value is -2.93. The maximum Gasteiger partial charge on any atom is 0.328 e. The fourth-order valence-corrected chi connectivity index (χ4v) is 2.53. The van der Waals surface area contributed by atoms with E-state index in [-0.39, 0.29) is 17.1 Å². The SMILES string of the molecule is C[C@H](NC(=O)c1ccccc1)C(=O)OCC(=O)N(C)Cc1c(F)cccc1Cl. The summed E-state index contributed by atoms with van der Waals surface area (Å²) in [4.78, 5) is 37.4. The second kappa shape index (κ2) is 9.85. The van der Waals surface area contributed by atoms with Gasteiger partial charge in [-0.3, -0.25) is 9.59 Å². The van der Waals surface area contributed by atoms with E-state index < -0.39 is 36.2 Å². The molecule has 2 aromatic rings. The summed E-state index contributed by atoms with van der Waals surface area (Å²) in [6.45, 7) is 0.853. The molecule has 0 fully saturated rings. The van der Waals surface area contributed by atoms with Crippen molar-refractivity contribution >= 4 is 29.4 Å². The van der Waals surface area contributed by atoms with E-state index in [9.17, 15) is 18.8 Å². The first kappa shape index (κ1) is 21.4. The Balaban J connectivity index is 1.84. The number of ether oxygens (including phenoxy) is 1. The van der Waals surface area contributed by atoms with Crippen molar-refractivity contribution in [3.05, 3.63) is 70.5 Å². The highest BCUT2D eigenvalue weighted by molar-refractivity contribution is 6.31. The van der Waals surface area contributed by atoms with E-state index in [1.807, 2.05) is 0 Å². The van der Waals surface area contributed by atoms with Crippen molar-refractivity contribution in [2.75, 3.05) is 13.7 Å². The Morgan fingerprint density at radius 3 is 2.46 bits per heavy atom. The maximum atomic E-state index is 13.8. The van der Waals surface area contributed by atoms with Crippen molar-refractivity contribution in [1.82, 2.24) is 10.2 Å². The van der Waals surface area contributed by atoms with Crippen LogP contribution in [0.3, 0.4) is 0 Å². The number of nitrogens with zero attached hydrogens (tertiary/aromatic N) is 1. The number of rotatable bonds is 7. The minimum Gasteiger partial charge on any atom is -0.454 e. The Morgan fingerprint density at radius 2 is 1.82 bits per heavy atom. The van der Waals surface area contributed by atoms with Gasteiger partial charge >= 0.3 is 5.97 Å². The van der Waals surface area contributed by atoms with Gasteiger partial charge in [-0.2, -0.15) is 0 Å². The van der Waals surface area contributed by atoms with Gasteiger partial charge in [0.25, 0.3) is 11.8 Å². The maximum absolute atomic E-state index is 13.8. The highest BCUT2D eigenvalue weighted by Crippen LogP contribution is 2.20. The summed E-state index contributed by atoms with van der Waals surface area (Å²) in [6, 6.07) is 11.7. The predicted octanol–water partition coefficient (Wildman–Crippen LogP) is 2.80. The molecule has 0 radical (unpaired) electrons. The largest absolute Gasteiger partial charge is 0.454 e. The van der Waals surface area contributed by atoms with Crippen LogP contribution in [0, 0.1) is 5.82 Å². The van der Waals surface area contributed by atoms with Crippen LogP contribution in [-0.2, 0) is 20.9 Å². The molecule has 8 heteroatoms. The number of carbonyl (C=O) groups is 3. The van der Waals surface area contributed by atoms with Crippen LogP contribution >= 0.6 is 11.6 Å². The lowest BCUT2D eigenvalue weighted by Gasteiger charge is -2.19. The van der Waals surface area contributed by atoms with Crippen molar-refractivity contribution in [3.63, 3.8) is 0 Å². The van der Waals surface area contributed by atoms with Gasteiger partial charge in [0.2, 0.25) is 0 Å². The van der Waals surface area contributed by atoms with E-state index in [0.29, 0.717) is 5.56 Å². The van der Waals surface area contributed by atoms with Gasteiger partial charge in [0.15, 0.2) is 6.61 Å². The van der Waals surface area contributed by atoms with Crippen LogP contribution in [0.4, 0.5) is 4.39 Å². The van der Waals surface area contributed by atoms with Crippen LogP contribution in [0.1, 0.15) is 22.8 Å². The number of hydrogen-bond donors (Lipinski definition) is 1. The van der Waals surface area contributed by atoms with Gasteiger partial charge in [-0.1, -0.05) is 35.9 Å². The average molecular weight is 407 g/mol. The zero-order valence-electron chi connectivity index (χ0n) is 15.4. The molecule has 0 spiro atoms. The number of hydrogen-bond acceptors (Lipinski definition) is 4. The zero-order valence-corrected chi connectivity index (χ0v) is 16.2. The third-order valence-corrected chi connectivity index (χ3v) is 4.31. The van der Waals surface area contributed by atoms with Crippen LogP contribution in [0.25, 0.3) is 0 Å². The van der Waals surface area contributed by atoms with E-state index in [0.717, 1.165) is 0 Å². The molecule has 0 saturated carbocycles. The molecule has 0 bridgehead atoms. The van der Waals surface area contributed by atoms with Gasteiger partial charge in [0, 0.05) is 29.7 Å². The monoisotopic (exact) mass is 406 g/mol. The standard InChI is InChI=1S/C20H20ClFN2O4/c1-13(23-19(26)14-7-4-3-5-8-14)20(27)28-12-18(25)24(2)11-15-16(21)9-6-10-17(15)22/h3-10,13H,11-12H2,1-2H3,(H,23,26)/t13-/m0/s1. The minimum absolute atomic E-state index is 0.0673. The van der Waals surface area contributed by atoms with Gasteiger partial charge in [0.05, 0.1) is 0 Å². The molecule has 0 saturated heterocycles. The first-order chi connectivity index (χ1) is 13.3. The summed E-state index contributed by atoms with van der Waals surface area (Å²) in [5.41, 5.74) is 0.578. The third kappa shape index (κ3) is 5.79. The number of benzene rings is 2. The number of halogens is 2. The summed E-state index contributed by atoms with van der Waals surface area (Å²) >= 11 is 5.94. The minimum atomic E-state index is -0.938. The molecule has 148 valence electrons. The Kier molecular flexibility index (Phi) is 7.52. The van der Waals surface area contributed by atoms with Crippen LogP contribution in [0.5, 0.6) is 0 Å². The van der Waals surface area contributed by atoms with Crippen LogP contribution < -0.4 is 5.32 Å². The van der Waals surface area contributed by atoms with Crippen molar-refractivity contribution in [3.8, 4) is 0 Å². The fraction of sp³-hybridized carbons (Fsp3) is 0.250. The number of nitrogens with one attached hydrogen (secondary N) is 1. The Bertz CT molecular complexity index is 840. The summed E-state index contributed by atoms with van der Waals surface area (Å²) in [5, 5.41) is 2.70. The van der Waals surface area contributed by atoms with Crippen molar-refractivity contribution < 1.29 is 23.5 Å². The average Bonchev–Trinajstić information content (AvgIpc) is 2.69. The predicted molar refractivity (Wildman–Crippen MR) is 102 cm³/mol. The lowest BCUT2D eigenvalue weighted by atomic mass is 10.2. The second-order valence-corrected chi connectivity index (χ2v) is 6.53. The van der Waals surface area contributed by atoms with Crippen molar-refractivity contribution in [1.29, 1.82) is 0 Å². The smallest absolute Gasteiger partial charge is 0.328 e. The fourth-order valence-electron chi connectivity index (χ4n) is 2.31. The molecular formula is C20H20ClFN2O4. The molecule has 1 N–H and O–H groups in total. The van der Waals surface area contributed by atoms with Gasteiger partial charge < -0.3 is 15.0 Å². The summed E-state index contributed by atoms with van der Waals surface area (Å²) in [5.74, 6) is -2.24. The van der Waals surface area contributed by atoms with Crippen LogP contribution in [0.15, 0.2) is 48.5 Å². The molecule has 1 atom stereocenters. The van der Waals surface area contributed by atoms with Gasteiger partial charge in [-0.05, 0) is 31.2 Å². The molecule has 0 aliphatic carbocycles. The molecule has 0 aliphatic rings. The lowest BCUT2D eigenvalue weighted by Crippen LogP contribution is -2.41. The molecule has 0 aromatic heterocycles. The Labute approximate surface area is 167 Å². The number of amides is 2.